The zero-order chi connectivity index (χ0) is 24.1. The number of carbonyl (C=O) groups excluding carboxylic acids is 3. The van der Waals surface area contributed by atoms with Crippen molar-refractivity contribution in [3.05, 3.63) is 35.4 Å². The highest BCUT2D eigenvalue weighted by Crippen LogP contribution is 2.40. The summed E-state index contributed by atoms with van der Waals surface area (Å²) in [5, 5.41) is 21.6. The Morgan fingerprint density at radius 3 is 2.31 bits per heavy atom. The molecule has 3 N–H and O–H groups in total. The maximum atomic E-state index is 12.7. The molecule has 1 heterocycles. The van der Waals surface area contributed by atoms with Gasteiger partial charge in [-0.05, 0) is 58.1 Å². The average Bonchev–Trinajstić information content (AvgIpc) is 2.88. The summed E-state index contributed by atoms with van der Waals surface area (Å²) in [4.78, 5) is 47.5. The van der Waals surface area contributed by atoms with E-state index in [2.05, 4.69) is 5.32 Å². The lowest BCUT2D eigenvalue weighted by Gasteiger charge is -2.27. The summed E-state index contributed by atoms with van der Waals surface area (Å²) in [5.41, 5.74) is -0.283. The van der Waals surface area contributed by atoms with E-state index in [1.165, 1.54) is 0 Å². The molecule has 176 valence electrons. The second kappa shape index (κ2) is 10.1. The van der Waals surface area contributed by atoms with E-state index < -0.39 is 34.9 Å². The molecule has 2 atom stereocenters. The normalized spacial score (nSPS) is 19.7. The molecule has 1 aliphatic rings. The molecule has 1 saturated heterocycles. The largest absolute Gasteiger partial charge is 0.481 e. The Labute approximate surface area is 187 Å². The molecule has 0 aliphatic carbocycles. The maximum absolute atomic E-state index is 12.7. The van der Waals surface area contributed by atoms with E-state index in [4.69, 9.17) is 9.84 Å². The Bertz CT molecular complexity index is 860. The van der Waals surface area contributed by atoms with Gasteiger partial charge in [0.1, 0.15) is 5.60 Å². The predicted molar refractivity (Wildman–Crippen MR) is 115 cm³/mol. The van der Waals surface area contributed by atoms with Crippen LogP contribution in [0.1, 0.15) is 70.9 Å². The lowest BCUT2D eigenvalue weighted by atomic mass is 9.74. The van der Waals surface area contributed by atoms with Crippen LogP contribution in [0, 0.1) is 0 Å². The standard InChI is InChI=1S/C23H32N2O7/c1-15(24-21(30)32-22(2,3)4)13-16-8-10-17(11-9-16)23(12-6-5-7-19(27)28)14-18(26)25(31)20(23)29/h8-11,15,31H,5-7,12-14H2,1-4H3,(H,24,30)(H,27,28). The smallest absolute Gasteiger partial charge is 0.407 e. The van der Waals surface area contributed by atoms with E-state index in [0.29, 0.717) is 24.8 Å². The zero-order valence-electron chi connectivity index (χ0n) is 19.0. The van der Waals surface area contributed by atoms with Crippen molar-refractivity contribution >= 4 is 23.9 Å². The fourth-order valence-electron chi connectivity index (χ4n) is 3.87. The van der Waals surface area contributed by atoms with Crippen LogP contribution in [0.5, 0.6) is 0 Å². The molecule has 1 fully saturated rings. The van der Waals surface area contributed by atoms with E-state index in [1.54, 1.807) is 32.9 Å². The minimum Gasteiger partial charge on any atom is -0.481 e. The van der Waals surface area contributed by atoms with E-state index in [-0.39, 0.29) is 30.4 Å². The van der Waals surface area contributed by atoms with Crippen molar-refractivity contribution in [2.24, 2.45) is 0 Å². The fraction of sp³-hybridized carbons (Fsp3) is 0.565. The van der Waals surface area contributed by atoms with Crippen LogP contribution in [0.15, 0.2) is 24.3 Å². The number of benzene rings is 1. The number of rotatable bonds is 9. The number of nitrogens with zero attached hydrogens (tertiary/aromatic N) is 1. The number of amides is 3. The molecular weight excluding hydrogens is 416 g/mol. The number of hydrogen-bond acceptors (Lipinski definition) is 6. The van der Waals surface area contributed by atoms with Crippen molar-refractivity contribution in [2.45, 2.75) is 83.3 Å². The summed E-state index contributed by atoms with van der Waals surface area (Å²) < 4.78 is 5.25. The van der Waals surface area contributed by atoms with Gasteiger partial charge in [0, 0.05) is 18.9 Å². The Morgan fingerprint density at radius 1 is 1.19 bits per heavy atom. The number of nitrogens with one attached hydrogen (secondary N) is 1. The van der Waals surface area contributed by atoms with Gasteiger partial charge >= 0.3 is 12.1 Å². The minimum absolute atomic E-state index is 0.0253. The van der Waals surface area contributed by atoms with Gasteiger partial charge in [-0.3, -0.25) is 19.6 Å². The second-order valence-electron chi connectivity index (χ2n) is 9.32. The quantitative estimate of drug-likeness (QED) is 0.300. The number of unbranched alkanes of at least 4 members (excludes halogenated alkanes) is 1. The molecular formula is C23H32N2O7. The molecule has 9 nitrogen and oxygen atoms in total. The third-order valence-corrected chi connectivity index (χ3v) is 5.35. The van der Waals surface area contributed by atoms with Gasteiger partial charge in [0.05, 0.1) is 5.41 Å². The van der Waals surface area contributed by atoms with Crippen LogP contribution in [-0.4, -0.2) is 50.9 Å². The summed E-state index contributed by atoms with van der Waals surface area (Å²) in [6, 6.07) is 6.94. The van der Waals surface area contributed by atoms with Gasteiger partial charge in [-0.25, -0.2) is 4.79 Å². The van der Waals surface area contributed by atoms with Crippen LogP contribution in [-0.2, 0) is 31.0 Å². The Morgan fingerprint density at radius 2 is 1.81 bits per heavy atom. The number of hydrogen-bond donors (Lipinski definition) is 3. The lowest BCUT2D eigenvalue weighted by molar-refractivity contribution is -0.172. The SMILES string of the molecule is CC(Cc1ccc(C2(CCCCC(=O)O)CC(=O)N(O)C2=O)cc1)NC(=O)OC(C)(C)C. The molecule has 1 aliphatic heterocycles. The zero-order valence-corrected chi connectivity index (χ0v) is 19.0. The van der Waals surface area contributed by atoms with Gasteiger partial charge in [-0.15, -0.1) is 0 Å². The minimum atomic E-state index is -1.21. The van der Waals surface area contributed by atoms with Crippen molar-refractivity contribution in [1.82, 2.24) is 10.4 Å². The summed E-state index contributed by atoms with van der Waals surface area (Å²) in [5.74, 6) is -2.28. The molecule has 2 rings (SSSR count). The van der Waals surface area contributed by atoms with Crippen molar-refractivity contribution in [3.63, 3.8) is 0 Å². The number of carboxylic acids is 1. The number of carbonyl (C=O) groups is 4. The van der Waals surface area contributed by atoms with Crippen LogP contribution in [0.4, 0.5) is 4.79 Å². The number of hydroxylamine groups is 2. The first-order chi connectivity index (χ1) is 14.8. The van der Waals surface area contributed by atoms with Gasteiger partial charge in [0.25, 0.3) is 11.8 Å². The number of imide groups is 1. The first-order valence-electron chi connectivity index (χ1n) is 10.7. The van der Waals surface area contributed by atoms with Crippen LogP contribution in [0.3, 0.4) is 0 Å². The molecule has 2 unspecified atom stereocenters. The maximum Gasteiger partial charge on any atom is 0.407 e. The third kappa shape index (κ3) is 6.53. The molecule has 1 aromatic rings. The van der Waals surface area contributed by atoms with Crippen molar-refractivity contribution in [1.29, 1.82) is 0 Å². The summed E-state index contributed by atoms with van der Waals surface area (Å²) in [6.45, 7) is 7.21. The monoisotopic (exact) mass is 448 g/mol. The Hall–Kier alpha value is -2.94. The molecule has 0 aromatic heterocycles. The van der Waals surface area contributed by atoms with Gasteiger partial charge in [-0.2, -0.15) is 5.06 Å². The first-order valence-corrected chi connectivity index (χ1v) is 10.7. The average molecular weight is 449 g/mol. The number of carboxylic acid groups (broad SMARTS) is 1. The Kier molecular flexibility index (Phi) is 8.01. The second-order valence-corrected chi connectivity index (χ2v) is 9.32. The molecule has 9 heteroatoms. The van der Waals surface area contributed by atoms with Crippen molar-refractivity contribution in [3.8, 4) is 0 Å². The number of aliphatic carboxylic acids is 1. The molecule has 3 amide bonds. The van der Waals surface area contributed by atoms with Gasteiger partial charge in [0.2, 0.25) is 0 Å². The van der Waals surface area contributed by atoms with Gasteiger partial charge < -0.3 is 15.2 Å². The summed E-state index contributed by atoms with van der Waals surface area (Å²) >= 11 is 0. The van der Waals surface area contributed by atoms with Gasteiger partial charge in [-0.1, -0.05) is 30.7 Å². The lowest BCUT2D eigenvalue weighted by Crippen LogP contribution is -2.38. The fourth-order valence-corrected chi connectivity index (χ4v) is 3.87. The molecule has 1 aromatic carbocycles. The van der Waals surface area contributed by atoms with Crippen LogP contribution in [0.25, 0.3) is 0 Å². The highest BCUT2D eigenvalue weighted by atomic mass is 16.6. The molecule has 32 heavy (non-hydrogen) atoms. The van der Waals surface area contributed by atoms with Crippen molar-refractivity contribution in [2.75, 3.05) is 0 Å². The third-order valence-electron chi connectivity index (χ3n) is 5.35. The van der Waals surface area contributed by atoms with Crippen LogP contribution >= 0.6 is 0 Å². The van der Waals surface area contributed by atoms with E-state index in [1.807, 2.05) is 19.1 Å². The van der Waals surface area contributed by atoms with Crippen molar-refractivity contribution < 1.29 is 34.2 Å². The van der Waals surface area contributed by atoms with Crippen LogP contribution < -0.4 is 5.32 Å². The van der Waals surface area contributed by atoms with Crippen LogP contribution in [0.2, 0.25) is 0 Å². The topological polar surface area (TPSA) is 133 Å². The molecule has 0 bridgehead atoms. The first kappa shape index (κ1) is 25.3. The Balaban J connectivity index is 2.10. The predicted octanol–water partition coefficient (Wildman–Crippen LogP) is 3.17. The van der Waals surface area contributed by atoms with Gasteiger partial charge in [0.15, 0.2) is 0 Å². The summed E-state index contributed by atoms with van der Waals surface area (Å²) in [7, 11) is 0. The summed E-state index contributed by atoms with van der Waals surface area (Å²) in [6.07, 6.45) is 0.906. The van der Waals surface area contributed by atoms with E-state index in [0.717, 1.165) is 5.56 Å². The molecule has 0 saturated carbocycles. The number of ether oxygens (including phenoxy) is 1. The highest BCUT2D eigenvalue weighted by molar-refractivity contribution is 6.07. The molecule has 0 radical (unpaired) electrons. The molecule has 0 spiro atoms. The highest BCUT2D eigenvalue weighted by Gasteiger charge is 2.52. The van der Waals surface area contributed by atoms with E-state index in [9.17, 15) is 24.4 Å². The van der Waals surface area contributed by atoms with E-state index >= 15 is 0 Å². The number of alkyl carbamates (subject to hydrolysis) is 1.